The first-order chi connectivity index (χ1) is 6.21. The monoisotopic (exact) mass is 181 g/mol. The van der Waals surface area contributed by atoms with E-state index in [0.29, 0.717) is 12.0 Å². The van der Waals surface area contributed by atoms with Gasteiger partial charge in [-0.3, -0.25) is 0 Å². The van der Waals surface area contributed by atoms with Gasteiger partial charge in [0.1, 0.15) is 0 Å². The first-order valence-corrected chi connectivity index (χ1v) is 5.36. The molecule has 1 fully saturated rings. The van der Waals surface area contributed by atoms with Crippen LogP contribution in [0.3, 0.4) is 0 Å². The van der Waals surface area contributed by atoms with E-state index in [4.69, 9.17) is 0 Å². The van der Waals surface area contributed by atoms with Crippen LogP contribution in [0.4, 0.5) is 0 Å². The Bertz CT molecular complexity index is 208. The van der Waals surface area contributed by atoms with Crippen molar-refractivity contribution in [3.8, 4) is 0 Å². The van der Waals surface area contributed by atoms with E-state index in [1.54, 1.807) is 0 Å². The van der Waals surface area contributed by atoms with Crippen LogP contribution in [0.5, 0.6) is 0 Å². The summed E-state index contributed by atoms with van der Waals surface area (Å²) in [5.74, 6) is 0.640. The summed E-state index contributed by atoms with van der Waals surface area (Å²) >= 11 is 0. The molecule has 3 atom stereocenters. The summed E-state index contributed by atoms with van der Waals surface area (Å²) in [5.41, 5.74) is -0.553. The van der Waals surface area contributed by atoms with Gasteiger partial charge >= 0.3 is 0 Å². The zero-order chi connectivity index (χ0) is 9.31. The third-order valence-electron chi connectivity index (χ3n) is 3.38. The number of hydrogen-bond acceptors (Lipinski definition) is 2. The van der Waals surface area contributed by atoms with Gasteiger partial charge in [-0.2, -0.15) is 0 Å². The van der Waals surface area contributed by atoms with Crippen molar-refractivity contribution in [2.75, 3.05) is 6.54 Å². The first-order valence-electron chi connectivity index (χ1n) is 5.36. The van der Waals surface area contributed by atoms with E-state index in [1.807, 2.05) is 6.08 Å². The second-order valence-electron chi connectivity index (χ2n) is 4.52. The van der Waals surface area contributed by atoms with Crippen molar-refractivity contribution in [2.45, 2.75) is 44.2 Å². The summed E-state index contributed by atoms with van der Waals surface area (Å²) in [6.07, 6.45) is 8.53. The van der Waals surface area contributed by atoms with Crippen LogP contribution in [0.1, 0.15) is 32.6 Å². The van der Waals surface area contributed by atoms with Gasteiger partial charge in [-0.15, -0.1) is 0 Å². The van der Waals surface area contributed by atoms with Gasteiger partial charge < -0.3 is 10.4 Å². The molecule has 2 heteroatoms. The molecule has 0 aromatic heterocycles. The van der Waals surface area contributed by atoms with Crippen molar-refractivity contribution in [1.29, 1.82) is 0 Å². The molecule has 2 aliphatic rings. The van der Waals surface area contributed by atoms with E-state index in [1.165, 1.54) is 6.42 Å². The summed E-state index contributed by atoms with van der Waals surface area (Å²) in [5, 5.41) is 13.7. The molecule has 0 aromatic rings. The zero-order valence-electron chi connectivity index (χ0n) is 8.29. The van der Waals surface area contributed by atoms with Crippen LogP contribution < -0.4 is 5.32 Å². The smallest absolute Gasteiger partial charge is 0.0980 e. The van der Waals surface area contributed by atoms with Crippen molar-refractivity contribution < 1.29 is 5.11 Å². The van der Waals surface area contributed by atoms with Gasteiger partial charge in [-0.25, -0.2) is 0 Å². The summed E-state index contributed by atoms with van der Waals surface area (Å²) in [6, 6.07) is 0.302. The fourth-order valence-corrected chi connectivity index (χ4v) is 2.37. The lowest BCUT2D eigenvalue weighted by atomic mass is 9.80. The Labute approximate surface area is 80.0 Å². The number of nitrogens with one attached hydrogen (secondary N) is 1. The molecule has 0 radical (unpaired) electrons. The lowest BCUT2D eigenvalue weighted by Gasteiger charge is -2.35. The minimum atomic E-state index is -0.553. The fraction of sp³-hybridized carbons (Fsp3) is 0.818. The Balaban J connectivity index is 2.06. The Morgan fingerprint density at radius 3 is 2.85 bits per heavy atom. The van der Waals surface area contributed by atoms with E-state index in [-0.39, 0.29) is 0 Å². The molecule has 0 bridgehead atoms. The van der Waals surface area contributed by atoms with Crippen molar-refractivity contribution in [3.63, 3.8) is 0 Å². The molecule has 1 aliphatic carbocycles. The molecule has 74 valence electrons. The number of allylic oxidation sites excluding steroid dienone is 1. The summed E-state index contributed by atoms with van der Waals surface area (Å²) < 4.78 is 0. The molecule has 2 nitrogen and oxygen atoms in total. The van der Waals surface area contributed by atoms with Crippen LogP contribution >= 0.6 is 0 Å². The van der Waals surface area contributed by atoms with Crippen LogP contribution in [0.2, 0.25) is 0 Å². The largest absolute Gasteiger partial charge is 0.384 e. The molecule has 13 heavy (non-hydrogen) atoms. The Kier molecular flexibility index (Phi) is 2.43. The average molecular weight is 181 g/mol. The van der Waals surface area contributed by atoms with Crippen LogP contribution in [-0.4, -0.2) is 23.3 Å². The zero-order valence-corrected chi connectivity index (χ0v) is 8.29. The molecule has 0 amide bonds. The lowest BCUT2D eigenvalue weighted by Crippen LogP contribution is -2.47. The highest BCUT2D eigenvalue weighted by molar-refractivity contribution is 5.13. The molecule has 1 heterocycles. The third kappa shape index (κ3) is 1.79. The van der Waals surface area contributed by atoms with Gasteiger partial charge in [-0.1, -0.05) is 19.1 Å². The third-order valence-corrected chi connectivity index (χ3v) is 3.38. The molecule has 1 aliphatic heterocycles. The van der Waals surface area contributed by atoms with Crippen LogP contribution in [0.15, 0.2) is 12.2 Å². The van der Waals surface area contributed by atoms with E-state index >= 15 is 0 Å². The average Bonchev–Trinajstić information content (AvgIpc) is 2.63. The topological polar surface area (TPSA) is 32.3 Å². The van der Waals surface area contributed by atoms with Gasteiger partial charge in [0.2, 0.25) is 0 Å². The van der Waals surface area contributed by atoms with E-state index in [0.717, 1.165) is 25.8 Å². The van der Waals surface area contributed by atoms with Crippen molar-refractivity contribution >= 4 is 0 Å². The Morgan fingerprint density at radius 2 is 2.31 bits per heavy atom. The molecule has 0 saturated carbocycles. The van der Waals surface area contributed by atoms with Crippen LogP contribution in [-0.2, 0) is 0 Å². The fourth-order valence-electron chi connectivity index (χ4n) is 2.37. The van der Waals surface area contributed by atoms with Crippen molar-refractivity contribution in [1.82, 2.24) is 5.32 Å². The van der Waals surface area contributed by atoms with Crippen molar-refractivity contribution in [3.05, 3.63) is 12.2 Å². The second kappa shape index (κ2) is 3.43. The molecular formula is C11H19NO. The van der Waals surface area contributed by atoms with Gasteiger partial charge in [0.25, 0.3) is 0 Å². The van der Waals surface area contributed by atoms with Crippen molar-refractivity contribution in [2.24, 2.45) is 5.92 Å². The molecule has 0 spiro atoms. The maximum Gasteiger partial charge on any atom is 0.0980 e. The van der Waals surface area contributed by atoms with Gasteiger partial charge in [0.05, 0.1) is 5.60 Å². The Hall–Kier alpha value is -0.340. The lowest BCUT2D eigenvalue weighted by molar-refractivity contribution is 0.0364. The minimum absolute atomic E-state index is 0.302. The molecular weight excluding hydrogens is 162 g/mol. The summed E-state index contributed by atoms with van der Waals surface area (Å²) in [7, 11) is 0. The number of aliphatic hydroxyl groups is 1. The molecule has 1 saturated heterocycles. The quantitative estimate of drug-likeness (QED) is 0.600. The van der Waals surface area contributed by atoms with Gasteiger partial charge in [-0.05, 0) is 38.1 Å². The minimum Gasteiger partial charge on any atom is -0.384 e. The highest BCUT2D eigenvalue weighted by Crippen LogP contribution is 2.31. The van der Waals surface area contributed by atoms with Gasteiger partial charge in [0.15, 0.2) is 0 Å². The normalized spacial score (nSPS) is 45.4. The van der Waals surface area contributed by atoms with Gasteiger partial charge in [0, 0.05) is 6.04 Å². The molecule has 0 aromatic carbocycles. The molecule has 3 unspecified atom stereocenters. The highest BCUT2D eigenvalue weighted by Gasteiger charge is 2.37. The molecule has 2 rings (SSSR count). The number of rotatable bonds is 1. The van der Waals surface area contributed by atoms with Crippen LogP contribution in [0.25, 0.3) is 0 Å². The van der Waals surface area contributed by atoms with E-state index in [2.05, 4.69) is 18.3 Å². The predicted octanol–water partition coefficient (Wildman–Crippen LogP) is 1.46. The summed E-state index contributed by atoms with van der Waals surface area (Å²) in [4.78, 5) is 0. The second-order valence-corrected chi connectivity index (χ2v) is 4.52. The van der Waals surface area contributed by atoms with Crippen LogP contribution in [0, 0.1) is 5.92 Å². The highest BCUT2D eigenvalue weighted by atomic mass is 16.3. The first kappa shape index (κ1) is 9.22. The standard InChI is InChI=1S/C11H19NO/c1-9-4-6-11(13,7-5-9)10-3-2-8-12-10/h4,6,9-10,12-13H,2-3,5,7-8H2,1H3. The predicted molar refractivity (Wildman–Crippen MR) is 53.5 cm³/mol. The maximum atomic E-state index is 10.3. The maximum absolute atomic E-state index is 10.3. The number of hydrogen-bond donors (Lipinski definition) is 2. The molecule has 2 N–H and O–H groups in total. The SMILES string of the molecule is CC1C=CC(O)(C2CCCN2)CC1. The van der Waals surface area contributed by atoms with E-state index < -0.39 is 5.60 Å². The Morgan fingerprint density at radius 1 is 1.46 bits per heavy atom. The van der Waals surface area contributed by atoms with E-state index in [9.17, 15) is 5.11 Å². The summed E-state index contributed by atoms with van der Waals surface area (Å²) in [6.45, 7) is 3.27.